The van der Waals surface area contributed by atoms with Crippen molar-refractivity contribution in [3.05, 3.63) is 65.6 Å². The van der Waals surface area contributed by atoms with E-state index in [1.807, 2.05) is 0 Å². The number of halogens is 1. The van der Waals surface area contributed by atoms with Gasteiger partial charge in [0, 0.05) is 11.3 Å². The van der Waals surface area contributed by atoms with E-state index < -0.39 is 12.0 Å². The average Bonchev–Trinajstić information content (AvgIpc) is 3.23. The number of carbonyl (C=O) groups excluding carboxylic acids is 3. The maximum Gasteiger partial charge on any atom is 0.338 e. The lowest BCUT2D eigenvalue weighted by Crippen LogP contribution is -2.23. The number of rotatable bonds is 6. The van der Waals surface area contributed by atoms with Crippen LogP contribution in [0.15, 0.2) is 48.5 Å². The van der Waals surface area contributed by atoms with E-state index in [0.717, 1.165) is 5.56 Å². The molecule has 1 aliphatic rings. The number of carbonyl (C=O) groups is 3. The lowest BCUT2D eigenvalue weighted by Gasteiger charge is -2.10. The SMILES string of the molecule is CCOC(=O)c1ccc(NC(=O)CC2C(=O)Nc3c(-c4ccc(F)cc4)c(C)nn32)cc1. The van der Waals surface area contributed by atoms with E-state index in [4.69, 9.17) is 4.74 Å². The summed E-state index contributed by atoms with van der Waals surface area (Å²) in [4.78, 5) is 36.9. The molecule has 164 valence electrons. The van der Waals surface area contributed by atoms with Gasteiger partial charge in [-0.3, -0.25) is 9.59 Å². The van der Waals surface area contributed by atoms with Crippen molar-refractivity contribution in [2.45, 2.75) is 26.3 Å². The summed E-state index contributed by atoms with van der Waals surface area (Å²) >= 11 is 0. The molecule has 32 heavy (non-hydrogen) atoms. The van der Waals surface area contributed by atoms with Crippen LogP contribution in [0.1, 0.15) is 35.4 Å². The van der Waals surface area contributed by atoms with E-state index in [9.17, 15) is 18.8 Å². The molecule has 1 atom stereocenters. The number of ether oxygens (including phenoxy) is 1. The fourth-order valence-electron chi connectivity index (χ4n) is 3.64. The van der Waals surface area contributed by atoms with Crippen molar-refractivity contribution >= 4 is 29.3 Å². The Kier molecular flexibility index (Phi) is 5.72. The lowest BCUT2D eigenvalue weighted by atomic mass is 10.1. The maximum atomic E-state index is 13.3. The van der Waals surface area contributed by atoms with Gasteiger partial charge in [-0.2, -0.15) is 5.10 Å². The van der Waals surface area contributed by atoms with E-state index in [1.165, 1.54) is 16.8 Å². The van der Waals surface area contributed by atoms with Crippen molar-refractivity contribution in [2.24, 2.45) is 0 Å². The predicted molar refractivity (Wildman–Crippen MR) is 116 cm³/mol. The average molecular weight is 436 g/mol. The zero-order valence-corrected chi connectivity index (χ0v) is 17.5. The summed E-state index contributed by atoms with van der Waals surface area (Å²) in [5, 5.41) is 9.95. The van der Waals surface area contributed by atoms with E-state index in [2.05, 4.69) is 15.7 Å². The molecule has 1 aliphatic heterocycles. The number of aromatic nitrogens is 2. The molecule has 0 fully saturated rings. The third kappa shape index (κ3) is 4.09. The quantitative estimate of drug-likeness (QED) is 0.574. The second-order valence-corrected chi connectivity index (χ2v) is 7.32. The molecule has 0 saturated heterocycles. The highest BCUT2D eigenvalue weighted by atomic mass is 19.1. The van der Waals surface area contributed by atoms with E-state index in [1.54, 1.807) is 50.2 Å². The van der Waals surface area contributed by atoms with Crippen LogP contribution in [-0.2, 0) is 14.3 Å². The molecule has 1 aromatic heterocycles. The molecule has 8 nitrogen and oxygen atoms in total. The van der Waals surface area contributed by atoms with Crippen LogP contribution in [0.5, 0.6) is 0 Å². The Labute approximate surface area is 183 Å². The molecular formula is C23H21FN4O4. The standard InChI is InChI=1S/C23H21FN4O4/c1-3-32-23(31)15-6-10-17(11-7-15)25-19(29)12-18-22(30)26-21-20(13(2)27-28(18)21)14-4-8-16(24)9-5-14/h4-11,18H,3,12H2,1-2H3,(H,25,29)(H,26,30). The topological polar surface area (TPSA) is 102 Å². The molecule has 3 aromatic rings. The van der Waals surface area contributed by atoms with Crippen LogP contribution in [0.25, 0.3) is 11.1 Å². The van der Waals surface area contributed by atoms with E-state index >= 15 is 0 Å². The Morgan fingerprint density at radius 2 is 1.84 bits per heavy atom. The van der Waals surface area contributed by atoms with E-state index in [-0.39, 0.29) is 30.7 Å². The minimum absolute atomic E-state index is 0.123. The first kappa shape index (κ1) is 21.2. The number of esters is 1. The summed E-state index contributed by atoms with van der Waals surface area (Å²) in [6.07, 6.45) is -0.123. The van der Waals surface area contributed by atoms with Gasteiger partial charge in [-0.05, 0) is 55.8 Å². The first-order valence-corrected chi connectivity index (χ1v) is 10.1. The van der Waals surface area contributed by atoms with Gasteiger partial charge < -0.3 is 15.4 Å². The number of hydrogen-bond donors (Lipinski definition) is 2. The van der Waals surface area contributed by atoms with Crippen LogP contribution in [0, 0.1) is 12.7 Å². The van der Waals surface area contributed by atoms with Crippen LogP contribution < -0.4 is 10.6 Å². The molecule has 0 spiro atoms. The van der Waals surface area contributed by atoms with Gasteiger partial charge in [0.15, 0.2) is 0 Å². The second kappa shape index (κ2) is 8.62. The fourth-order valence-corrected chi connectivity index (χ4v) is 3.64. The zero-order chi connectivity index (χ0) is 22.8. The largest absolute Gasteiger partial charge is 0.462 e. The van der Waals surface area contributed by atoms with Crippen LogP contribution in [-0.4, -0.2) is 34.2 Å². The van der Waals surface area contributed by atoms with Crippen molar-refractivity contribution in [2.75, 3.05) is 17.2 Å². The van der Waals surface area contributed by atoms with Crippen molar-refractivity contribution in [3.8, 4) is 11.1 Å². The van der Waals surface area contributed by atoms with Crippen molar-refractivity contribution in [1.82, 2.24) is 9.78 Å². The maximum absolute atomic E-state index is 13.3. The van der Waals surface area contributed by atoms with Gasteiger partial charge in [-0.15, -0.1) is 0 Å². The Hall–Kier alpha value is -4.01. The van der Waals surface area contributed by atoms with Crippen LogP contribution in [0.4, 0.5) is 15.9 Å². The Morgan fingerprint density at radius 3 is 2.50 bits per heavy atom. The third-order valence-corrected chi connectivity index (χ3v) is 5.12. The number of nitrogens with one attached hydrogen (secondary N) is 2. The number of fused-ring (bicyclic) bond motifs is 1. The molecule has 0 bridgehead atoms. The summed E-state index contributed by atoms with van der Waals surface area (Å²) < 4.78 is 19.7. The van der Waals surface area contributed by atoms with Crippen LogP contribution >= 0.6 is 0 Å². The van der Waals surface area contributed by atoms with Crippen LogP contribution in [0.2, 0.25) is 0 Å². The number of aryl methyl sites for hydroxylation is 1. The zero-order valence-electron chi connectivity index (χ0n) is 17.5. The number of benzene rings is 2. The summed E-state index contributed by atoms with van der Waals surface area (Å²) in [7, 11) is 0. The molecule has 0 saturated carbocycles. The molecular weight excluding hydrogens is 415 g/mol. The van der Waals surface area contributed by atoms with Crippen LogP contribution in [0.3, 0.4) is 0 Å². The summed E-state index contributed by atoms with van der Waals surface area (Å²) in [5.41, 5.74) is 2.94. The van der Waals surface area contributed by atoms with Gasteiger partial charge in [-0.25, -0.2) is 13.9 Å². The smallest absolute Gasteiger partial charge is 0.338 e. The minimum atomic E-state index is -0.809. The Morgan fingerprint density at radius 1 is 1.16 bits per heavy atom. The molecule has 2 N–H and O–H groups in total. The van der Waals surface area contributed by atoms with Gasteiger partial charge in [0.2, 0.25) is 5.91 Å². The van der Waals surface area contributed by atoms with Crippen molar-refractivity contribution < 1.29 is 23.5 Å². The van der Waals surface area contributed by atoms with E-state index in [0.29, 0.717) is 28.3 Å². The molecule has 4 rings (SSSR count). The summed E-state index contributed by atoms with van der Waals surface area (Å²) in [6.45, 7) is 3.79. The number of amides is 2. The number of nitrogens with zero attached hydrogens (tertiary/aromatic N) is 2. The molecule has 9 heteroatoms. The van der Waals surface area contributed by atoms with Gasteiger partial charge in [0.05, 0.1) is 24.3 Å². The minimum Gasteiger partial charge on any atom is -0.462 e. The first-order chi connectivity index (χ1) is 15.4. The van der Waals surface area contributed by atoms with Gasteiger partial charge in [-0.1, -0.05) is 12.1 Å². The molecule has 2 amide bonds. The monoisotopic (exact) mass is 436 g/mol. The fraction of sp³-hybridized carbons (Fsp3) is 0.217. The molecule has 2 heterocycles. The Bertz CT molecular complexity index is 1190. The summed E-state index contributed by atoms with van der Waals surface area (Å²) in [6, 6.07) is 11.4. The molecule has 0 aliphatic carbocycles. The predicted octanol–water partition coefficient (Wildman–Crippen LogP) is 3.70. The molecule has 2 aromatic carbocycles. The first-order valence-electron chi connectivity index (χ1n) is 10.1. The normalized spacial score (nSPS) is 14.6. The van der Waals surface area contributed by atoms with Gasteiger partial charge in [0.25, 0.3) is 5.91 Å². The Balaban J connectivity index is 1.48. The number of anilines is 2. The lowest BCUT2D eigenvalue weighted by molar-refractivity contribution is -0.123. The highest BCUT2D eigenvalue weighted by molar-refractivity contribution is 6.04. The molecule has 1 unspecified atom stereocenters. The van der Waals surface area contributed by atoms with Gasteiger partial charge >= 0.3 is 5.97 Å². The summed E-state index contributed by atoms with van der Waals surface area (Å²) in [5.74, 6) is -1.03. The van der Waals surface area contributed by atoms with Gasteiger partial charge in [0.1, 0.15) is 17.7 Å². The molecule has 0 radical (unpaired) electrons. The van der Waals surface area contributed by atoms with Crippen molar-refractivity contribution in [1.29, 1.82) is 0 Å². The highest BCUT2D eigenvalue weighted by Crippen LogP contribution is 2.38. The second-order valence-electron chi connectivity index (χ2n) is 7.32. The number of hydrogen-bond acceptors (Lipinski definition) is 5. The third-order valence-electron chi connectivity index (χ3n) is 5.12. The highest BCUT2D eigenvalue weighted by Gasteiger charge is 2.36. The van der Waals surface area contributed by atoms with Crippen molar-refractivity contribution in [3.63, 3.8) is 0 Å².